The van der Waals surface area contributed by atoms with Gasteiger partial charge in [-0.1, -0.05) is 20.8 Å². The van der Waals surface area contributed by atoms with Crippen LogP contribution in [-0.2, 0) is 10.1 Å². The van der Waals surface area contributed by atoms with Crippen molar-refractivity contribution in [3.63, 3.8) is 0 Å². The minimum Gasteiger partial charge on any atom is -0.367 e. The van der Waals surface area contributed by atoms with E-state index >= 15 is 0 Å². The van der Waals surface area contributed by atoms with Crippen molar-refractivity contribution in [3.05, 3.63) is 0 Å². The summed E-state index contributed by atoms with van der Waals surface area (Å²) in [6.45, 7) is 4.80. The van der Waals surface area contributed by atoms with Gasteiger partial charge < -0.3 is 10.2 Å². The maximum absolute atomic E-state index is 10.8. The molecule has 0 aromatic rings. The smallest absolute Gasteiger partial charge is 0.273 e. The summed E-state index contributed by atoms with van der Waals surface area (Å²) >= 11 is 0. The summed E-state index contributed by atoms with van der Waals surface area (Å²) in [4.78, 5) is 0. The van der Waals surface area contributed by atoms with Crippen LogP contribution in [0.2, 0.25) is 0 Å². The first-order valence-electron chi connectivity index (χ1n) is 3.95. The Morgan fingerprint density at radius 2 is 1.69 bits per heavy atom. The number of rotatable bonds is 4. The summed E-state index contributed by atoms with van der Waals surface area (Å²) in [5.74, 6) is 0. The van der Waals surface area contributed by atoms with Gasteiger partial charge in [0.1, 0.15) is 5.25 Å². The normalized spacial score (nSPS) is 16.2. The number of aliphatic hydroxyl groups is 2. The van der Waals surface area contributed by atoms with E-state index in [1.54, 1.807) is 20.8 Å². The Kier molecular flexibility index (Phi) is 3.86. The fourth-order valence-electron chi connectivity index (χ4n) is 1.16. The topological polar surface area (TPSA) is 94.8 Å². The van der Waals surface area contributed by atoms with Crippen LogP contribution >= 0.6 is 0 Å². The Morgan fingerprint density at radius 3 is 1.77 bits per heavy atom. The first-order valence-corrected chi connectivity index (χ1v) is 5.45. The first-order chi connectivity index (χ1) is 5.63. The van der Waals surface area contributed by atoms with Gasteiger partial charge in [0, 0.05) is 0 Å². The van der Waals surface area contributed by atoms with Crippen molar-refractivity contribution in [2.45, 2.75) is 38.7 Å². The molecule has 0 saturated heterocycles. The van der Waals surface area contributed by atoms with E-state index < -0.39 is 27.1 Å². The van der Waals surface area contributed by atoms with Gasteiger partial charge in [0.2, 0.25) is 0 Å². The molecule has 0 amide bonds. The van der Waals surface area contributed by atoms with Gasteiger partial charge in [0.15, 0.2) is 6.29 Å². The minimum atomic E-state index is -4.43. The van der Waals surface area contributed by atoms with Crippen molar-refractivity contribution in [3.8, 4) is 0 Å². The van der Waals surface area contributed by atoms with E-state index in [0.717, 1.165) is 0 Å². The molecule has 80 valence electrons. The average molecular weight is 212 g/mol. The van der Waals surface area contributed by atoms with Crippen molar-refractivity contribution in [1.82, 2.24) is 0 Å². The third kappa shape index (κ3) is 3.22. The lowest BCUT2D eigenvalue weighted by Crippen LogP contribution is -2.45. The Labute approximate surface area is 78.1 Å². The molecule has 0 aromatic heterocycles. The molecule has 6 heteroatoms. The molecule has 0 rings (SSSR count). The molecule has 13 heavy (non-hydrogen) atoms. The van der Waals surface area contributed by atoms with Crippen molar-refractivity contribution >= 4 is 10.1 Å². The van der Waals surface area contributed by atoms with Gasteiger partial charge in [-0.15, -0.1) is 0 Å². The van der Waals surface area contributed by atoms with Crippen LogP contribution in [0.4, 0.5) is 0 Å². The zero-order valence-corrected chi connectivity index (χ0v) is 8.74. The zero-order valence-electron chi connectivity index (χ0n) is 7.93. The van der Waals surface area contributed by atoms with Crippen LogP contribution in [0.15, 0.2) is 0 Å². The molecule has 0 aliphatic rings. The Morgan fingerprint density at radius 1 is 1.31 bits per heavy atom. The molecule has 0 aliphatic heterocycles. The summed E-state index contributed by atoms with van der Waals surface area (Å²) in [6.07, 6.45) is -1.65. The summed E-state index contributed by atoms with van der Waals surface area (Å²) in [5, 5.41) is 16.1. The molecular formula is C7H16O5S. The first kappa shape index (κ1) is 12.8. The number of hydrogen-bond acceptors (Lipinski definition) is 4. The van der Waals surface area contributed by atoms with E-state index in [9.17, 15) is 8.42 Å². The van der Waals surface area contributed by atoms with Gasteiger partial charge in [0.05, 0.1) is 0 Å². The van der Waals surface area contributed by atoms with Crippen LogP contribution in [0.5, 0.6) is 0 Å². The van der Waals surface area contributed by atoms with Crippen LogP contribution in [0.3, 0.4) is 0 Å². The highest BCUT2D eigenvalue weighted by Crippen LogP contribution is 2.31. The molecule has 0 heterocycles. The summed E-state index contributed by atoms with van der Waals surface area (Å²) in [6, 6.07) is 0. The molecule has 1 atom stereocenters. The van der Waals surface area contributed by atoms with E-state index in [-0.39, 0.29) is 0 Å². The highest BCUT2D eigenvalue weighted by molar-refractivity contribution is 7.86. The highest BCUT2D eigenvalue weighted by atomic mass is 32.2. The van der Waals surface area contributed by atoms with Gasteiger partial charge in [0.25, 0.3) is 10.1 Å². The molecule has 0 aromatic carbocycles. The van der Waals surface area contributed by atoms with E-state index in [4.69, 9.17) is 14.8 Å². The molecule has 0 aliphatic carbocycles. The maximum atomic E-state index is 10.8. The van der Waals surface area contributed by atoms with E-state index in [1.807, 2.05) is 0 Å². The van der Waals surface area contributed by atoms with Crippen LogP contribution in [0, 0.1) is 5.41 Å². The molecule has 3 N–H and O–H groups in total. The standard InChI is InChI=1S/C7H16O5S/c1-4-7(2,3)5(6(8)9)13(10,11)12/h5-6,8-9H,4H2,1-3H3,(H,10,11,12). The maximum Gasteiger partial charge on any atom is 0.273 e. The van der Waals surface area contributed by atoms with Crippen molar-refractivity contribution in [2.75, 3.05) is 0 Å². The SMILES string of the molecule is CCC(C)(C)C(C(O)O)S(=O)(=O)O. The van der Waals surface area contributed by atoms with Crippen LogP contribution in [0.1, 0.15) is 27.2 Å². The molecular weight excluding hydrogens is 196 g/mol. The van der Waals surface area contributed by atoms with Gasteiger partial charge in [-0.25, -0.2) is 0 Å². The highest BCUT2D eigenvalue weighted by Gasteiger charge is 2.42. The predicted molar refractivity (Wildman–Crippen MR) is 47.6 cm³/mol. The second-order valence-corrected chi connectivity index (χ2v) is 5.23. The largest absolute Gasteiger partial charge is 0.367 e. The van der Waals surface area contributed by atoms with E-state index in [2.05, 4.69) is 0 Å². The number of hydrogen-bond donors (Lipinski definition) is 3. The van der Waals surface area contributed by atoms with Gasteiger partial charge in [-0.3, -0.25) is 4.55 Å². The van der Waals surface area contributed by atoms with Gasteiger partial charge in [-0.05, 0) is 11.8 Å². The van der Waals surface area contributed by atoms with Crippen molar-refractivity contribution in [1.29, 1.82) is 0 Å². The zero-order chi connectivity index (χ0) is 10.9. The summed E-state index contributed by atoms with van der Waals surface area (Å²) in [5.41, 5.74) is -0.873. The third-order valence-corrected chi connectivity index (χ3v) is 3.80. The van der Waals surface area contributed by atoms with Crippen LogP contribution in [0.25, 0.3) is 0 Å². The predicted octanol–water partition coefficient (Wildman–Crippen LogP) is -0.0103. The second kappa shape index (κ2) is 3.91. The molecule has 0 fully saturated rings. The quantitative estimate of drug-likeness (QED) is 0.450. The van der Waals surface area contributed by atoms with Crippen molar-refractivity contribution in [2.24, 2.45) is 5.41 Å². The fourth-order valence-corrected chi connectivity index (χ4v) is 2.44. The van der Waals surface area contributed by atoms with Crippen LogP contribution < -0.4 is 0 Å². The third-order valence-electron chi connectivity index (χ3n) is 2.27. The summed E-state index contributed by atoms with van der Waals surface area (Å²) < 4.78 is 30.4. The van der Waals surface area contributed by atoms with Crippen LogP contribution in [-0.4, -0.2) is 34.7 Å². The monoisotopic (exact) mass is 212 g/mol. The fraction of sp³-hybridized carbons (Fsp3) is 1.00. The Bertz CT molecular complexity index is 254. The average Bonchev–Trinajstić information content (AvgIpc) is 1.82. The molecule has 5 nitrogen and oxygen atoms in total. The lowest BCUT2D eigenvalue weighted by Gasteiger charge is -2.31. The summed E-state index contributed by atoms with van der Waals surface area (Å²) in [7, 11) is -4.43. The molecule has 0 spiro atoms. The molecule has 0 radical (unpaired) electrons. The lowest BCUT2D eigenvalue weighted by atomic mass is 9.86. The molecule has 1 unspecified atom stereocenters. The van der Waals surface area contributed by atoms with Gasteiger partial charge in [-0.2, -0.15) is 8.42 Å². The van der Waals surface area contributed by atoms with E-state index in [0.29, 0.717) is 6.42 Å². The van der Waals surface area contributed by atoms with E-state index in [1.165, 1.54) is 0 Å². The minimum absolute atomic E-state index is 0.412. The molecule has 0 bridgehead atoms. The van der Waals surface area contributed by atoms with Gasteiger partial charge >= 0.3 is 0 Å². The Balaban J connectivity index is 5.06. The lowest BCUT2D eigenvalue weighted by molar-refractivity contribution is -0.0652. The number of aliphatic hydroxyl groups excluding tert-OH is 1. The Hall–Kier alpha value is -0.170. The van der Waals surface area contributed by atoms with Crippen molar-refractivity contribution < 1.29 is 23.2 Å². The second-order valence-electron chi connectivity index (χ2n) is 3.69. The molecule has 0 saturated carbocycles.